The second-order valence-electron chi connectivity index (χ2n) is 4.41. The van der Waals surface area contributed by atoms with Gasteiger partial charge in [0.05, 0.1) is 6.20 Å². The summed E-state index contributed by atoms with van der Waals surface area (Å²) < 4.78 is 64.1. The number of aromatic nitrogens is 2. The van der Waals surface area contributed by atoms with Crippen LogP contribution in [0.15, 0.2) is 11.2 Å². The van der Waals surface area contributed by atoms with Crippen LogP contribution in [0, 0.1) is 5.92 Å². The highest BCUT2D eigenvalue weighted by atomic mass is 32.2. The Kier molecular flexibility index (Phi) is 2.93. The van der Waals surface area contributed by atoms with E-state index in [2.05, 4.69) is 5.10 Å². The maximum absolute atomic E-state index is 12.7. The van der Waals surface area contributed by atoms with Crippen LogP contribution in [-0.4, -0.2) is 35.6 Å². The van der Waals surface area contributed by atoms with Crippen molar-refractivity contribution in [3.8, 4) is 0 Å². The van der Waals surface area contributed by atoms with Gasteiger partial charge >= 0.3 is 6.18 Å². The van der Waals surface area contributed by atoms with Gasteiger partial charge in [0, 0.05) is 20.1 Å². The van der Waals surface area contributed by atoms with Gasteiger partial charge in [-0.25, -0.2) is 8.42 Å². The number of hydrogen-bond donors (Lipinski definition) is 0. The van der Waals surface area contributed by atoms with Gasteiger partial charge in [-0.05, 0) is 5.92 Å². The quantitative estimate of drug-likeness (QED) is 0.816. The van der Waals surface area contributed by atoms with Gasteiger partial charge in [-0.3, -0.25) is 4.68 Å². The highest BCUT2D eigenvalue weighted by molar-refractivity contribution is 7.89. The predicted molar refractivity (Wildman–Crippen MR) is 56.1 cm³/mol. The summed E-state index contributed by atoms with van der Waals surface area (Å²) in [4.78, 5) is 0. The molecule has 0 saturated carbocycles. The van der Waals surface area contributed by atoms with Gasteiger partial charge in [0.1, 0.15) is 5.56 Å². The van der Waals surface area contributed by atoms with Crippen LogP contribution in [0.4, 0.5) is 13.2 Å². The van der Waals surface area contributed by atoms with Crippen LogP contribution in [0.25, 0.3) is 0 Å². The third kappa shape index (κ3) is 2.01. The summed E-state index contributed by atoms with van der Waals surface area (Å²) in [5.74, 6) is 0.169. The van der Waals surface area contributed by atoms with Crippen molar-refractivity contribution in [2.45, 2.75) is 18.1 Å². The van der Waals surface area contributed by atoms with Crippen LogP contribution < -0.4 is 0 Å². The Balaban J connectivity index is 2.48. The molecule has 0 aliphatic carbocycles. The van der Waals surface area contributed by atoms with Gasteiger partial charge in [0.2, 0.25) is 0 Å². The molecule has 0 radical (unpaired) electrons. The van der Waals surface area contributed by atoms with Crippen LogP contribution in [0.5, 0.6) is 0 Å². The van der Waals surface area contributed by atoms with Crippen LogP contribution in [-0.2, 0) is 23.2 Å². The normalized spacial score (nSPS) is 18.9. The number of rotatable bonds is 2. The van der Waals surface area contributed by atoms with Crippen molar-refractivity contribution < 1.29 is 21.6 Å². The molecule has 2 heterocycles. The zero-order chi connectivity index (χ0) is 13.7. The number of alkyl halides is 3. The van der Waals surface area contributed by atoms with E-state index in [1.807, 2.05) is 6.92 Å². The number of aryl methyl sites for hydroxylation is 1. The fraction of sp³-hybridized carbons (Fsp3) is 0.667. The van der Waals surface area contributed by atoms with E-state index >= 15 is 0 Å². The lowest BCUT2D eigenvalue weighted by atomic mass is 10.1. The van der Waals surface area contributed by atoms with Crippen molar-refractivity contribution in [1.29, 1.82) is 0 Å². The zero-order valence-corrected chi connectivity index (χ0v) is 10.6. The van der Waals surface area contributed by atoms with Crippen molar-refractivity contribution in [3.63, 3.8) is 0 Å². The fourth-order valence-corrected chi connectivity index (χ4v) is 3.86. The Morgan fingerprint density at radius 1 is 1.39 bits per heavy atom. The van der Waals surface area contributed by atoms with E-state index in [0.29, 0.717) is 6.20 Å². The summed E-state index contributed by atoms with van der Waals surface area (Å²) in [6, 6.07) is 0. The summed E-state index contributed by atoms with van der Waals surface area (Å²) in [6.45, 7) is 2.32. The molecule has 5 nitrogen and oxygen atoms in total. The molecule has 0 aromatic carbocycles. The second kappa shape index (κ2) is 3.95. The summed E-state index contributed by atoms with van der Waals surface area (Å²) in [6.07, 6.45) is -4.19. The van der Waals surface area contributed by atoms with Crippen molar-refractivity contribution in [2.75, 3.05) is 13.1 Å². The van der Waals surface area contributed by atoms with E-state index in [9.17, 15) is 21.6 Å². The van der Waals surface area contributed by atoms with Crippen LogP contribution >= 0.6 is 0 Å². The monoisotopic (exact) mass is 283 g/mol. The van der Waals surface area contributed by atoms with E-state index in [0.717, 1.165) is 8.99 Å². The predicted octanol–water partition coefficient (Wildman–Crippen LogP) is 1.08. The molecule has 1 aliphatic rings. The molecule has 1 aliphatic heterocycles. The van der Waals surface area contributed by atoms with Gasteiger partial charge in [0.25, 0.3) is 10.0 Å². The maximum Gasteiger partial charge on any atom is 0.420 e. The number of sulfonamides is 1. The lowest BCUT2D eigenvalue weighted by molar-refractivity contribution is -0.140. The van der Waals surface area contributed by atoms with E-state index in [4.69, 9.17) is 0 Å². The number of hydrogen-bond acceptors (Lipinski definition) is 3. The Morgan fingerprint density at radius 2 is 1.94 bits per heavy atom. The number of nitrogens with zero attached hydrogens (tertiary/aromatic N) is 3. The van der Waals surface area contributed by atoms with E-state index in [1.54, 1.807) is 0 Å². The summed E-state index contributed by atoms with van der Waals surface area (Å²) >= 11 is 0. The van der Waals surface area contributed by atoms with Gasteiger partial charge in [-0.1, -0.05) is 6.92 Å². The SMILES string of the molecule is CC1CN(S(=O)(=O)c2c(C(F)(F)F)cnn2C)C1. The highest BCUT2D eigenvalue weighted by Crippen LogP contribution is 2.36. The van der Waals surface area contributed by atoms with Gasteiger partial charge in [-0.15, -0.1) is 0 Å². The molecule has 102 valence electrons. The highest BCUT2D eigenvalue weighted by Gasteiger charge is 2.44. The molecule has 0 atom stereocenters. The average molecular weight is 283 g/mol. The molecule has 1 aromatic heterocycles. The van der Waals surface area contributed by atoms with Gasteiger partial charge in [0.15, 0.2) is 5.03 Å². The first-order chi connectivity index (χ1) is 8.14. The minimum atomic E-state index is -4.73. The summed E-state index contributed by atoms with van der Waals surface area (Å²) in [5.41, 5.74) is -1.22. The van der Waals surface area contributed by atoms with Crippen LogP contribution in [0.2, 0.25) is 0 Å². The Labute approximate surface area is 102 Å². The zero-order valence-electron chi connectivity index (χ0n) is 9.77. The molecule has 0 bridgehead atoms. The molecule has 0 amide bonds. The van der Waals surface area contributed by atoms with Gasteiger partial charge in [-0.2, -0.15) is 22.6 Å². The molecule has 1 fully saturated rings. The van der Waals surface area contributed by atoms with Crippen molar-refractivity contribution in [2.24, 2.45) is 13.0 Å². The van der Waals surface area contributed by atoms with E-state index < -0.39 is 26.8 Å². The largest absolute Gasteiger partial charge is 0.420 e. The Hall–Kier alpha value is -1.09. The molecule has 9 heteroatoms. The molecule has 18 heavy (non-hydrogen) atoms. The average Bonchev–Trinajstić information content (AvgIpc) is 2.55. The maximum atomic E-state index is 12.7. The third-order valence-electron chi connectivity index (χ3n) is 2.80. The molecule has 0 unspecified atom stereocenters. The standard InChI is InChI=1S/C9H12F3N3O2S/c1-6-4-15(5-6)18(16,17)8-7(9(10,11)12)3-13-14(8)2/h3,6H,4-5H2,1-2H3. The third-order valence-corrected chi connectivity index (χ3v) is 4.76. The number of halogens is 3. The minimum Gasteiger partial charge on any atom is -0.256 e. The van der Waals surface area contributed by atoms with Crippen molar-refractivity contribution >= 4 is 10.0 Å². The first-order valence-electron chi connectivity index (χ1n) is 5.23. The van der Waals surface area contributed by atoms with Crippen molar-refractivity contribution in [3.05, 3.63) is 11.8 Å². The Morgan fingerprint density at radius 3 is 2.39 bits per heavy atom. The molecule has 1 saturated heterocycles. The lowest BCUT2D eigenvalue weighted by Gasteiger charge is -2.35. The Bertz CT molecular complexity index is 558. The molecular weight excluding hydrogens is 271 g/mol. The smallest absolute Gasteiger partial charge is 0.256 e. The molecule has 1 aromatic rings. The van der Waals surface area contributed by atoms with Gasteiger partial charge < -0.3 is 0 Å². The first-order valence-corrected chi connectivity index (χ1v) is 6.67. The van der Waals surface area contributed by atoms with Crippen molar-refractivity contribution in [1.82, 2.24) is 14.1 Å². The summed E-state index contributed by atoms with van der Waals surface area (Å²) in [5, 5.41) is 2.61. The molecule has 0 spiro atoms. The fourth-order valence-electron chi connectivity index (χ4n) is 1.89. The van der Waals surface area contributed by atoms with Crippen LogP contribution in [0.1, 0.15) is 12.5 Å². The van der Waals surface area contributed by atoms with E-state index in [-0.39, 0.29) is 19.0 Å². The second-order valence-corrected chi connectivity index (χ2v) is 6.27. The topological polar surface area (TPSA) is 55.2 Å². The first kappa shape index (κ1) is 13.3. The van der Waals surface area contributed by atoms with Crippen LogP contribution in [0.3, 0.4) is 0 Å². The lowest BCUT2D eigenvalue weighted by Crippen LogP contribution is -2.49. The molecule has 0 N–H and O–H groups in total. The minimum absolute atomic E-state index is 0.169. The summed E-state index contributed by atoms with van der Waals surface area (Å²) in [7, 11) is -2.94. The molecule has 2 rings (SSSR count). The molecular formula is C9H12F3N3O2S. The van der Waals surface area contributed by atoms with E-state index in [1.165, 1.54) is 7.05 Å².